The van der Waals surface area contributed by atoms with Gasteiger partial charge in [-0.1, -0.05) is 41.9 Å². The van der Waals surface area contributed by atoms with Gasteiger partial charge in [0.2, 0.25) is 0 Å². The summed E-state index contributed by atoms with van der Waals surface area (Å²) in [4.78, 5) is 16.7. The molecule has 0 spiro atoms. The minimum absolute atomic E-state index is 0.0661. The molecule has 0 atom stereocenters. The molecule has 0 bridgehead atoms. The zero-order chi connectivity index (χ0) is 19.1. The van der Waals surface area contributed by atoms with Gasteiger partial charge in [0.15, 0.2) is 5.43 Å². The second-order valence-electron chi connectivity index (χ2n) is 6.73. The van der Waals surface area contributed by atoms with Crippen LogP contribution in [0.3, 0.4) is 0 Å². The van der Waals surface area contributed by atoms with Crippen molar-refractivity contribution in [1.29, 1.82) is 0 Å². The van der Waals surface area contributed by atoms with E-state index in [1.807, 2.05) is 27.8 Å². The van der Waals surface area contributed by atoms with Crippen molar-refractivity contribution in [3.8, 4) is 0 Å². The fourth-order valence-corrected chi connectivity index (χ4v) is 3.68. The van der Waals surface area contributed by atoms with Crippen LogP contribution in [-0.4, -0.2) is 24.5 Å². The third-order valence-corrected chi connectivity index (χ3v) is 5.07. The zero-order valence-electron chi connectivity index (χ0n) is 14.8. The molecule has 138 valence electrons. The van der Waals surface area contributed by atoms with E-state index >= 15 is 0 Å². The molecule has 2 aromatic carbocycles. The number of fused-ring (bicyclic) bond motifs is 3. The number of nitrogens with zero attached hydrogens (tertiary/aromatic N) is 4. The van der Waals surface area contributed by atoms with Gasteiger partial charge in [-0.25, -0.2) is 4.98 Å². The Kier molecular flexibility index (Phi) is 3.98. The normalized spacial score (nSPS) is 11.5. The molecule has 3 heterocycles. The average Bonchev–Trinajstić information content (AvgIpc) is 3.33. The van der Waals surface area contributed by atoms with Gasteiger partial charge in [-0.15, -0.1) is 0 Å². The van der Waals surface area contributed by atoms with Gasteiger partial charge in [0.25, 0.3) is 0 Å². The molecule has 0 aliphatic carbocycles. The summed E-state index contributed by atoms with van der Waals surface area (Å²) in [5.41, 5.74) is 3.57. The Bertz CT molecular complexity index is 1330. The number of rotatable bonds is 4. The van der Waals surface area contributed by atoms with Crippen molar-refractivity contribution in [2.75, 3.05) is 0 Å². The molecular weight excluding hydrogens is 374 g/mol. The maximum Gasteiger partial charge on any atom is 0.190 e. The summed E-state index contributed by atoms with van der Waals surface area (Å²) in [7, 11) is 0. The van der Waals surface area contributed by atoms with E-state index in [9.17, 15) is 4.79 Å². The predicted molar refractivity (Wildman–Crippen MR) is 110 cm³/mol. The molecule has 0 saturated carbocycles. The molecule has 1 N–H and O–H groups in total. The van der Waals surface area contributed by atoms with E-state index < -0.39 is 0 Å². The molecule has 0 saturated heterocycles. The third kappa shape index (κ3) is 2.97. The minimum atomic E-state index is -0.0661. The van der Waals surface area contributed by atoms with Gasteiger partial charge >= 0.3 is 0 Å². The summed E-state index contributed by atoms with van der Waals surface area (Å²) in [6.45, 7) is 1.38. The van der Waals surface area contributed by atoms with E-state index in [-0.39, 0.29) is 5.43 Å². The number of halogens is 1. The van der Waals surface area contributed by atoms with Crippen molar-refractivity contribution >= 4 is 33.4 Å². The third-order valence-electron chi connectivity index (χ3n) is 4.78. The average molecular weight is 390 g/mol. The van der Waals surface area contributed by atoms with E-state index in [1.54, 1.807) is 24.4 Å². The van der Waals surface area contributed by atoms with Gasteiger partial charge in [0, 0.05) is 18.6 Å². The highest BCUT2D eigenvalue weighted by atomic mass is 35.5. The van der Waals surface area contributed by atoms with E-state index in [4.69, 9.17) is 11.6 Å². The number of aromatic nitrogens is 5. The first-order chi connectivity index (χ1) is 13.7. The van der Waals surface area contributed by atoms with Gasteiger partial charge < -0.3 is 0 Å². The van der Waals surface area contributed by atoms with Crippen molar-refractivity contribution in [3.63, 3.8) is 0 Å². The molecule has 28 heavy (non-hydrogen) atoms. The maximum absolute atomic E-state index is 12.3. The van der Waals surface area contributed by atoms with Crippen LogP contribution in [0, 0.1) is 0 Å². The molecule has 0 unspecified atom stereocenters. The van der Waals surface area contributed by atoms with Gasteiger partial charge in [-0.05, 0) is 29.3 Å². The molecule has 3 aromatic heterocycles. The Morgan fingerprint density at radius 1 is 1.00 bits per heavy atom. The summed E-state index contributed by atoms with van der Waals surface area (Å²) in [6.07, 6.45) is 5.62. The predicted octanol–water partition coefficient (Wildman–Crippen LogP) is 3.82. The fraction of sp³-hybridized carbons (Fsp3) is 0.0952. The Morgan fingerprint density at radius 2 is 1.79 bits per heavy atom. The van der Waals surface area contributed by atoms with Crippen molar-refractivity contribution in [1.82, 2.24) is 24.5 Å². The lowest BCUT2D eigenvalue weighted by Crippen LogP contribution is -2.03. The van der Waals surface area contributed by atoms with Crippen LogP contribution in [0.4, 0.5) is 0 Å². The SMILES string of the molecule is O=c1cccc2nc(Cl)c3cn(Cc4ccc(Cn5cccn5)cc4)[nH]c3c12. The second kappa shape index (κ2) is 6.65. The summed E-state index contributed by atoms with van der Waals surface area (Å²) >= 11 is 6.34. The molecule has 0 fully saturated rings. The summed E-state index contributed by atoms with van der Waals surface area (Å²) in [5.74, 6) is 0. The molecule has 5 rings (SSSR count). The summed E-state index contributed by atoms with van der Waals surface area (Å²) < 4.78 is 3.81. The molecule has 7 heteroatoms. The van der Waals surface area contributed by atoms with Gasteiger partial charge in [0.05, 0.1) is 34.9 Å². The van der Waals surface area contributed by atoms with E-state index in [0.717, 1.165) is 23.0 Å². The molecule has 0 aliphatic heterocycles. The number of hydrogen-bond acceptors (Lipinski definition) is 3. The lowest BCUT2D eigenvalue weighted by atomic mass is 10.1. The number of aromatic amines is 1. The molecule has 6 nitrogen and oxygen atoms in total. The number of pyridine rings is 1. The van der Waals surface area contributed by atoms with Crippen LogP contribution < -0.4 is 5.43 Å². The molecule has 5 aromatic rings. The Hall–Kier alpha value is -3.38. The highest BCUT2D eigenvalue weighted by molar-refractivity contribution is 6.35. The Morgan fingerprint density at radius 3 is 2.54 bits per heavy atom. The number of H-pyrrole nitrogens is 1. The van der Waals surface area contributed by atoms with Gasteiger partial charge in [0.1, 0.15) is 5.15 Å². The fourth-order valence-electron chi connectivity index (χ4n) is 3.45. The highest BCUT2D eigenvalue weighted by Crippen LogP contribution is 2.26. The standard InChI is InChI=1S/C21H16ClN5O/c22-21-16-13-27(25-20(16)19-17(24-21)3-1-4-18(19)28)12-15-7-5-14(6-8-15)11-26-10-2-9-23-26/h1-10,13,25H,11-12H2. The van der Waals surface area contributed by atoms with Gasteiger partial charge in [-0.3, -0.25) is 19.3 Å². The smallest absolute Gasteiger partial charge is 0.190 e. The first-order valence-corrected chi connectivity index (χ1v) is 9.28. The summed E-state index contributed by atoms with van der Waals surface area (Å²) in [6, 6.07) is 15.3. The maximum atomic E-state index is 12.3. The van der Waals surface area contributed by atoms with E-state index in [0.29, 0.717) is 22.6 Å². The quantitative estimate of drug-likeness (QED) is 0.475. The molecule has 0 amide bonds. The zero-order valence-corrected chi connectivity index (χ0v) is 15.6. The highest BCUT2D eigenvalue weighted by Gasteiger charge is 2.12. The monoisotopic (exact) mass is 389 g/mol. The van der Waals surface area contributed by atoms with Crippen LogP contribution in [0.15, 0.2) is 71.9 Å². The van der Waals surface area contributed by atoms with Crippen molar-refractivity contribution in [2.45, 2.75) is 13.1 Å². The first-order valence-electron chi connectivity index (χ1n) is 8.90. The summed E-state index contributed by atoms with van der Waals surface area (Å²) in [5, 5.41) is 9.22. The van der Waals surface area contributed by atoms with Crippen LogP contribution in [0.1, 0.15) is 11.1 Å². The molecule has 0 radical (unpaired) electrons. The van der Waals surface area contributed by atoms with E-state index in [2.05, 4.69) is 39.4 Å². The van der Waals surface area contributed by atoms with Crippen LogP contribution in [0.2, 0.25) is 5.15 Å². The lowest BCUT2D eigenvalue weighted by molar-refractivity contribution is 0.682. The van der Waals surface area contributed by atoms with Crippen molar-refractivity contribution < 1.29 is 0 Å². The molecular formula is C21H16ClN5O. The van der Waals surface area contributed by atoms with Crippen molar-refractivity contribution in [2.24, 2.45) is 0 Å². The second-order valence-corrected chi connectivity index (χ2v) is 7.09. The number of benzene rings is 2. The minimum Gasteiger partial charge on any atom is -0.297 e. The largest absolute Gasteiger partial charge is 0.297 e. The lowest BCUT2D eigenvalue weighted by Gasteiger charge is -2.06. The first kappa shape index (κ1) is 16.8. The number of hydrogen-bond donors (Lipinski definition) is 1. The Labute approximate surface area is 165 Å². The van der Waals surface area contributed by atoms with Crippen LogP contribution in [0.5, 0.6) is 0 Å². The van der Waals surface area contributed by atoms with Crippen molar-refractivity contribution in [3.05, 3.63) is 93.6 Å². The van der Waals surface area contributed by atoms with E-state index in [1.165, 1.54) is 5.56 Å². The number of nitrogens with one attached hydrogen (secondary N) is 1. The van der Waals surface area contributed by atoms with Gasteiger partial charge in [-0.2, -0.15) is 5.10 Å². The van der Waals surface area contributed by atoms with Crippen LogP contribution in [0.25, 0.3) is 21.8 Å². The topological polar surface area (TPSA) is 68.5 Å². The molecule has 0 aliphatic rings. The van der Waals surface area contributed by atoms with Crippen LogP contribution in [-0.2, 0) is 13.1 Å². The van der Waals surface area contributed by atoms with Crippen LogP contribution >= 0.6 is 11.6 Å². The Balaban J connectivity index is 1.47.